The number of nitrogens with one attached hydrogen (secondary N) is 1. The summed E-state index contributed by atoms with van der Waals surface area (Å²) in [5, 5.41) is 3.25. The summed E-state index contributed by atoms with van der Waals surface area (Å²) in [5.41, 5.74) is 2.22. The topological polar surface area (TPSA) is 69.7 Å². The number of rotatable bonds is 3. The van der Waals surface area contributed by atoms with Crippen molar-refractivity contribution >= 4 is 40.7 Å². The number of carbonyl (C=O) groups excluding carboxylic acids is 3. The minimum absolute atomic E-state index is 0.237. The van der Waals surface area contributed by atoms with Crippen LogP contribution in [0.2, 0.25) is 5.02 Å². The molecule has 0 radical (unpaired) electrons. The van der Waals surface area contributed by atoms with E-state index in [9.17, 15) is 14.4 Å². The molecule has 0 atom stereocenters. The third kappa shape index (κ3) is 2.96. The highest BCUT2D eigenvalue weighted by molar-refractivity contribution is 6.33. The molecule has 1 heterocycles. The lowest BCUT2D eigenvalue weighted by Gasteiger charge is -2.15. The SMILES string of the molecule is CN1C(=O)c2ccc(C(=O)Nc3ccc(N(C)C)c(Cl)c3)cc2C1=O. The molecule has 0 saturated carbocycles. The van der Waals surface area contributed by atoms with Crippen molar-refractivity contribution < 1.29 is 14.4 Å². The van der Waals surface area contributed by atoms with Gasteiger partial charge in [0.2, 0.25) is 0 Å². The van der Waals surface area contributed by atoms with Crippen LogP contribution in [-0.2, 0) is 0 Å². The molecule has 3 rings (SSSR count). The van der Waals surface area contributed by atoms with Gasteiger partial charge in [-0.3, -0.25) is 19.3 Å². The monoisotopic (exact) mass is 357 g/mol. The lowest BCUT2D eigenvalue weighted by molar-refractivity contribution is 0.0693. The van der Waals surface area contributed by atoms with E-state index in [2.05, 4.69) is 5.32 Å². The van der Waals surface area contributed by atoms with E-state index in [0.717, 1.165) is 10.6 Å². The second-order valence-electron chi connectivity index (χ2n) is 5.94. The van der Waals surface area contributed by atoms with Crippen LogP contribution in [0.5, 0.6) is 0 Å². The number of hydrogen-bond donors (Lipinski definition) is 1. The quantitative estimate of drug-likeness (QED) is 0.857. The molecule has 0 bridgehead atoms. The van der Waals surface area contributed by atoms with Crippen LogP contribution in [0.4, 0.5) is 11.4 Å². The Morgan fingerprint density at radius 1 is 1.04 bits per heavy atom. The van der Waals surface area contributed by atoms with Gasteiger partial charge in [-0.1, -0.05) is 11.6 Å². The van der Waals surface area contributed by atoms with Gasteiger partial charge >= 0.3 is 0 Å². The smallest absolute Gasteiger partial charge is 0.261 e. The molecule has 2 aromatic rings. The number of anilines is 2. The number of amides is 3. The maximum atomic E-state index is 12.4. The zero-order valence-corrected chi connectivity index (χ0v) is 14.7. The highest BCUT2D eigenvalue weighted by atomic mass is 35.5. The van der Waals surface area contributed by atoms with E-state index in [1.807, 2.05) is 19.0 Å². The first-order valence-corrected chi connectivity index (χ1v) is 7.92. The van der Waals surface area contributed by atoms with Crippen LogP contribution in [0.25, 0.3) is 0 Å². The molecule has 7 heteroatoms. The van der Waals surface area contributed by atoms with Crippen molar-refractivity contribution in [3.8, 4) is 0 Å². The first-order chi connectivity index (χ1) is 11.8. The number of halogens is 1. The molecule has 0 spiro atoms. The van der Waals surface area contributed by atoms with Crippen molar-refractivity contribution in [2.45, 2.75) is 0 Å². The molecule has 0 unspecified atom stereocenters. The van der Waals surface area contributed by atoms with Gasteiger partial charge in [-0.2, -0.15) is 0 Å². The zero-order chi connectivity index (χ0) is 18.3. The van der Waals surface area contributed by atoms with Gasteiger partial charge in [-0.15, -0.1) is 0 Å². The first-order valence-electron chi connectivity index (χ1n) is 7.54. The van der Waals surface area contributed by atoms with Gasteiger partial charge in [-0.05, 0) is 36.4 Å². The summed E-state index contributed by atoms with van der Waals surface area (Å²) < 4.78 is 0. The predicted octanol–water partition coefficient (Wildman–Crippen LogP) is 2.88. The number of fused-ring (bicyclic) bond motifs is 1. The van der Waals surface area contributed by atoms with Crippen molar-refractivity contribution in [3.63, 3.8) is 0 Å². The van der Waals surface area contributed by atoms with Crippen molar-refractivity contribution in [2.75, 3.05) is 31.4 Å². The van der Waals surface area contributed by atoms with Crippen LogP contribution < -0.4 is 10.2 Å². The average molecular weight is 358 g/mol. The second kappa shape index (κ2) is 6.22. The van der Waals surface area contributed by atoms with Gasteiger partial charge in [0, 0.05) is 32.4 Å². The van der Waals surface area contributed by atoms with Gasteiger partial charge in [0.05, 0.1) is 21.8 Å². The van der Waals surface area contributed by atoms with E-state index >= 15 is 0 Å². The maximum Gasteiger partial charge on any atom is 0.261 e. The van der Waals surface area contributed by atoms with E-state index in [4.69, 9.17) is 11.6 Å². The van der Waals surface area contributed by atoms with Crippen LogP contribution in [0.15, 0.2) is 36.4 Å². The third-order valence-electron chi connectivity index (χ3n) is 4.04. The van der Waals surface area contributed by atoms with Crippen LogP contribution in [0.1, 0.15) is 31.1 Å². The summed E-state index contributed by atoms with van der Waals surface area (Å²) in [7, 11) is 5.16. The summed E-state index contributed by atoms with van der Waals surface area (Å²) in [6, 6.07) is 9.66. The molecule has 0 saturated heterocycles. The molecule has 128 valence electrons. The molecule has 0 fully saturated rings. The van der Waals surface area contributed by atoms with E-state index in [1.165, 1.54) is 25.2 Å². The van der Waals surface area contributed by atoms with Gasteiger partial charge in [0.25, 0.3) is 17.7 Å². The minimum Gasteiger partial charge on any atom is -0.376 e. The Kier molecular flexibility index (Phi) is 4.22. The molecule has 2 aromatic carbocycles. The van der Waals surface area contributed by atoms with E-state index in [1.54, 1.807) is 18.2 Å². The standard InChI is InChI=1S/C18H16ClN3O3/c1-21(2)15-7-5-11(9-14(15)19)20-16(23)10-4-6-12-13(8-10)18(25)22(3)17(12)24/h4-9H,1-3H3,(H,20,23). The Labute approximate surface area is 150 Å². The van der Waals surface area contributed by atoms with Crippen LogP contribution >= 0.6 is 11.6 Å². The summed E-state index contributed by atoms with van der Waals surface area (Å²) in [6.45, 7) is 0. The van der Waals surface area contributed by atoms with Gasteiger partial charge in [0.1, 0.15) is 0 Å². The summed E-state index contributed by atoms with van der Waals surface area (Å²) >= 11 is 6.20. The highest BCUT2D eigenvalue weighted by Crippen LogP contribution is 2.28. The van der Waals surface area contributed by atoms with Crippen molar-refractivity contribution in [3.05, 3.63) is 58.1 Å². The lowest BCUT2D eigenvalue weighted by Crippen LogP contribution is -2.24. The molecule has 1 aliphatic heterocycles. The largest absolute Gasteiger partial charge is 0.376 e. The number of nitrogens with zero attached hydrogens (tertiary/aromatic N) is 2. The Bertz CT molecular complexity index is 908. The Hall–Kier alpha value is -2.86. The van der Waals surface area contributed by atoms with Crippen LogP contribution in [-0.4, -0.2) is 43.8 Å². The van der Waals surface area contributed by atoms with E-state index in [-0.39, 0.29) is 17.4 Å². The fourth-order valence-corrected chi connectivity index (χ4v) is 3.00. The minimum atomic E-state index is -0.409. The molecule has 6 nitrogen and oxygen atoms in total. The second-order valence-corrected chi connectivity index (χ2v) is 6.35. The molecule has 0 aliphatic carbocycles. The predicted molar refractivity (Wildman–Crippen MR) is 96.6 cm³/mol. The summed E-state index contributed by atoms with van der Waals surface area (Å²) in [4.78, 5) is 39.3. The molecular formula is C18H16ClN3O3. The molecular weight excluding hydrogens is 342 g/mol. The average Bonchev–Trinajstić information content (AvgIpc) is 2.79. The van der Waals surface area contributed by atoms with Crippen LogP contribution in [0, 0.1) is 0 Å². The highest BCUT2D eigenvalue weighted by Gasteiger charge is 2.33. The zero-order valence-electron chi connectivity index (χ0n) is 14.0. The van der Waals surface area contributed by atoms with E-state index < -0.39 is 5.91 Å². The Balaban J connectivity index is 1.85. The van der Waals surface area contributed by atoms with Gasteiger partial charge < -0.3 is 10.2 Å². The Morgan fingerprint density at radius 3 is 2.36 bits per heavy atom. The van der Waals surface area contributed by atoms with Gasteiger partial charge in [-0.25, -0.2) is 0 Å². The normalized spacial score (nSPS) is 13.0. The fourth-order valence-electron chi connectivity index (χ4n) is 2.65. The number of carbonyl (C=O) groups is 3. The number of imide groups is 1. The lowest BCUT2D eigenvalue weighted by atomic mass is 10.1. The fraction of sp³-hybridized carbons (Fsp3) is 0.167. The number of hydrogen-bond acceptors (Lipinski definition) is 4. The molecule has 1 N–H and O–H groups in total. The Morgan fingerprint density at radius 2 is 1.72 bits per heavy atom. The van der Waals surface area contributed by atoms with Crippen molar-refractivity contribution in [1.82, 2.24) is 4.90 Å². The molecule has 0 aromatic heterocycles. The van der Waals surface area contributed by atoms with Crippen molar-refractivity contribution in [1.29, 1.82) is 0 Å². The maximum absolute atomic E-state index is 12.4. The van der Waals surface area contributed by atoms with Gasteiger partial charge in [0.15, 0.2) is 0 Å². The molecule has 1 aliphatic rings. The van der Waals surface area contributed by atoms with E-state index in [0.29, 0.717) is 21.8 Å². The number of benzene rings is 2. The van der Waals surface area contributed by atoms with Crippen LogP contribution in [0.3, 0.4) is 0 Å². The third-order valence-corrected chi connectivity index (χ3v) is 4.34. The summed E-state index contributed by atoms with van der Waals surface area (Å²) in [6.07, 6.45) is 0. The van der Waals surface area contributed by atoms with Crippen molar-refractivity contribution in [2.24, 2.45) is 0 Å². The first kappa shape index (κ1) is 17.0. The molecule has 25 heavy (non-hydrogen) atoms. The molecule has 3 amide bonds. The summed E-state index contributed by atoms with van der Waals surface area (Å²) in [5.74, 6) is -1.16.